The molecule has 2 fully saturated rings. The minimum atomic E-state index is -0.980. The summed E-state index contributed by atoms with van der Waals surface area (Å²) < 4.78 is 0. The highest BCUT2D eigenvalue weighted by Crippen LogP contribution is 2.61. The Balaban J connectivity index is 1.34. The molecule has 1 aromatic carbocycles. The van der Waals surface area contributed by atoms with Crippen molar-refractivity contribution in [2.75, 3.05) is 32.7 Å². The Morgan fingerprint density at radius 2 is 1.74 bits per heavy atom. The number of rotatable bonds is 1. The fourth-order valence-electron chi connectivity index (χ4n) is 9.92. The monoisotopic (exact) mass is 566 g/mol. The summed E-state index contributed by atoms with van der Waals surface area (Å²) in [6.07, 6.45) is 23.4. The van der Waals surface area contributed by atoms with Crippen LogP contribution in [0.1, 0.15) is 70.6 Å². The van der Waals surface area contributed by atoms with Gasteiger partial charge in [0.2, 0.25) is 0 Å². The van der Waals surface area contributed by atoms with Gasteiger partial charge >= 0.3 is 0 Å². The molecule has 8 rings (SSSR count). The summed E-state index contributed by atoms with van der Waals surface area (Å²) in [7, 11) is 0. The molecule has 6 heteroatoms. The maximum Gasteiger partial charge on any atom is 0.0998 e. The number of fused-ring (bicyclic) bond motifs is 4. The molecule has 0 amide bonds. The van der Waals surface area contributed by atoms with Crippen LogP contribution in [0, 0.1) is 11.3 Å². The summed E-state index contributed by atoms with van der Waals surface area (Å²) in [6, 6.07) is 8.85. The van der Waals surface area contributed by atoms with Gasteiger partial charge in [0.1, 0.15) is 0 Å². The normalized spacial score (nSPS) is 39.7. The average Bonchev–Trinajstić information content (AvgIpc) is 3.49. The number of hydrogen-bond acceptors (Lipinski definition) is 6. The van der Waals surface area contributed by atoms with Crippen molar-refractivity contribution >= 4 is 5.57 Å². The van der Waals surface area contributed by atoms with Crippen LogP contribution < -0.4 is 10.6 Å². The zero-order valence-electron chi connectivity index (χ0n) is 24.9. The molecule has 6 nitrogen and oxygen atoms in total. The quantitative estimate of drug-likeness (QED) is 0.492. The highest BCUT2D eigenvalue weighted by molar-refractivity contribution is 5.71. The van der Waals surface area contributed by atoms with Gasteiger partial charge in [-0.3, -0.25) is 15.2 Å². The van der Waals surface area contributed by atoms with Gasteiger partial charge in [-0.15, -0.1) is 0 Å². The third-order valence-corrected chi connectivity index (χ3v) is 11.5. The third kappa shape index (κ3) is 4.24. The Morgan fingerprint density at radius 3 is 2.67 bits per heavy atom. The molecule has 1 aliphatic carbocycles. The van der Waals surface area contributed by atoms with Crippen molar-refractivity contribution in [1.29, 1.82) is 0 Å². The molecule has 7 aliphatic rings. The first kappa shape index (κ1) is 27.1. The third-order valence-electron chi connectivity index (χ3n) is 11.5. The van der Waals surface area contributed by atoms with Crippen LogP contribution in [-0.2, 0) is 0 Å². The molecule has 6 heterocycles. The largest absolute Gasteiger partial charge is 0.384 e. The van der Waals surface area contributed by atoms with E-state index >= 15 is 0 Å². The highest BCUT2D eigenvalue weighted by Gasteiger charge is 2.66. The number of nitrogens with zero attached hydrogens (tertiary/aromatic N) is 4. The van der Waals surface area contributed by atoms with E-state index in [1.54, 1.807) is 0 Å². The predicted molar refractivity (Wildman–Crippen MR) is 165 cm³/mol. The van der Waals surface area contributed by atoms with Crippen molar-refractivity contribution < 1.29 is 10.3 Å². The van der Waals surface area contributed by atoms with E-state index in [2.05, 4.69) is 64.4 Å². The van der Waals surface area contributed by atoms with Gasteiger partial charge in [-0.1, -0.05) is 42.5 Å². The Morgan fingerprint density at radius 1 is 0.905 bits per heavy atom. The number of aliphatic hydroxyl groups is 1. The van der Waals surface area contributed by atoms with Crippen molar-refractivity contribution in [3.05, 3.63) is 82.2 Å². The van der Waals surface area contributed by atoms with Crippen LogP contribution in [0.2, 0.25) is 0 Å². The van der Waals surface area contributed by atoms with E-state index in [1.165, 1.54) is 41.5 Å². The maximum absolute atomic E-state index is 13.1. The van der Waals surface area contributed by atoms with Gasteiger partial charge < -0.3 is 10.0 Å². The molecule has 6 atom stereocenters. The Labute approximate surface area is 250 Å². The summed E-state index contributed by atoms with van der Waals surface area (Å²) in [5.74, 6) is 0.275. The molecule has 2 saturated heterocycles. The van der Waals surface area contributed by atoms with Crippen LogP contribution >= 0.6 is 0 Å². The smallest absolute Gasteiger partial charge is 0.0998 e. The van der Waals surface area contributed by atoms with E-state index in [9.17, 15) is 10.3 Å². The average molecular weight is 567 g/mol. The zero-order valence-corrected chi connectivity index (χ0v) is 24.9. The van der Waals surface area contributed by atoms with Crippen LogP contribution in [0.4, 0.5) is 0 Å². The lowest BCUT2D eigenvalue weighted by atomic mass is 9.54. The van der Waals surface area contributed by atoms with Crippen molar-refractivity contribution in [1.82, 2.24) is 14.9 Å². The van der Waals surface area contributed by atoms with Gasteiger partial charge in [0.25, 0.3) is 0 Å². The molecule has 0 saturated carbocycles. The fourth-order valence-corrected chi connectivity index (χ4v) is 9.92. The van der Waals surface area contributed by atoms with Gasteiger partial charge in [0.15, 0.2) is 0 Å². The van der Waals surface area contributed by atoms with Crippen molar-refractivity contribution in [3.63, 3.8) is 0 Å². The number of piperidine rings is 1. The maximum atomic E-state index is 13.1. The second kappa shape index (κ2) is 10.6. The topological polar surface area (TPSA) is 62.5 Å². The van der Waals surface area contributed by atoms with Crippen molar-refractivity contribution in [3.8, 4) is 0 Å². The minimum absolute atomic E-state index is 0.0750. The molecule has 2 N–H and O–H groups in total. The van der Waals surface area contributed by atoms with Crippen molar-refractivity contribution in [2.45, 2.75) is 88.3 Å². The fraction of sp³-hybridized carbons (Fsp3) is 0.583. The van der Waals surface area contributed by atoms with Crippen LogP contribution in [0.5, 0.6) is 0 Å². The van der Waals surface area contributed by atoms with E-state index in [0.29, 0.717) is 19.0 Å². The standard InChI is InChI=1S/C36H46N4O2/c41-36-18-10-4-1-2-5-11-19-38-21-17-30(35(25-38)23-26-13-7-3-6-12-20-39(26)34(35)36)29(24-36)33-32-28(16-22-40(33)42)27-14-8-9-15-31(27)37-32/h1,4,7-9,13-15,24,26,30,34,41-42H,2-3,5-6,10-12,16-23,25H2/b4-1-,13-7-/t26?,30?,34-,35+,36+/m1/s1. The highest BCUT2D eigenvalue weighted by atomic mass is 16.5. The van der Waals surface area contributed by atoms with Crippen LogP contribution in [0.3, 0.4) is 0 Å². The number of benzene rings is 1. The SMILES string of the molecule is ON1CCC2=c3ccccc3=NC2=C1C1=C[C@@]2(O)CC/C=C\CCCCN3CCC1[C@]1(CC4/C=C\CCCCN4[C@H]12)C3. The summed E-state index contributed by atoms with van der Waals surface area (Å²) in [5, 5.41) is 28.4. The van der Waals surface area contributed by atoms with Crippen LogP contribution in [0.15, 0.2) is 76.6 Å². The number of hydrogen-bond donors (Lipinski definition) is 2. The lowest BCUT2D eigenvalue weighted by molar-refractivity contribution is -0.102. The van der Waals surface area contributed by atoms with Gasteiger partial charge in [-0.2, -0.15) is 0 Å². The molecule has 222 valence electrons. The molecular formula is C36H46N4O2. The molecule has 0 aromatic heterocycles. The van der Waals surface area contributed by atoms with Gasteiger partial charge in [-0.25, -0.2) is 4.99 Å². The zero-order chi connectivity index (χ0) is 28.3. The van der Waals surface area contributed by atoms with E-state index in [1.807, 2.05) is 0 Å². The molecule has 3 unspecified atom stereocenters. The number of hydroxylamine groups is 2. The minimum Gasteiger partial charge on any atom is -0.384 e. The first-order valence-electron chi connectivity index (χ1n) is 16.7. The van der Waals surface area contributed by atoms with Crippen LogP contribution in [-0.4, -0.2) is 75.6 Å². The summed E-state index contributed by atoms with van der Waals surface area (Å²) in [5.41, 5.74) is 3.13. The second-order valence-corrected chi connectivity index (χ2v) is 14.0. The number of allylic oxidation sites excluding steroid dienone is 5. The first-order chi connectivity index (χ1) is 20.6. The van der Waals surface area contributed by atoms with Crippen molar-refractivity contribution in [2.24, 2.45) is 16.3 Å². The number of para-hydroxylation sites is 1. The predicted octanol–water partition coefficient (Wildman–Crippen LogP) is 4.46. The molecule has 1 spiro atoms. The summed E-state index contributed by atoms with van der Waals surface area (Å²) in [4.78, 5) is 10.6. The molecule has 6 aliphatic heterocycles. The Hall–Kier alpha value is -2.51. The lowest BCUT2D eigenvalue weighted by Gasteiger charge is -2.58. The Kier molecular flexibility index (Phi) is 6.82. The summed E-state index contributed by atoms with van der Waals surface area (Å²) in [6.45, 7) is 4.85. The lowest BCUT2D eigenvalue weighted by Crippen LogP contribution is -2.66. The molecule has 1 aromatic rings. The van der Waals surface area contributed by atoms with E-state index in [4.69, 9.17) is 4.99 Å². The van der Waals surface area contributed by atoms with Gasteiger partial charge in [-0.05, 0) is 119 Å². The Bertz CT molecular complexity index is 1490. The van der Waals surface area contributed by atoms with E-state index in [0.717, 1.165) is 87.0 Å². The molecule has 42 heavy (non-hydrogen) atoms. The summed E-state index contributed by atoms with van der Waals surface area (Å²) >= 11 is 0. The van der Waals surface area contributed by atoms with Gasteiger partial charge in [0.05, 0.1) is 28.4 Å². The van der Waals surface area contributed by atoms with E-state index in [-0.39, 0.29) is 17.4 Å². The second-order valence-electron chi connectivity index (χ2n) is 14.0. The molecule has 0 radical (unpaired) electrons. The van der Waals surface area contributed by atoms with Gasteiger partial charge in [0, 0.05) is 29.8 Å². The first-order valence-corrected chi connectivity index (χ1v) is 16.7. The van der Waals surface area contributed by atoms with Crippen LogP contribution in [0.25, 0.3) is 5.57 Å². The molecule has 3 bridgehead atoms. The molecular weight excluding hydrogens is 520 g/mol. The van der Waals surface area contributed by atoms with E-state index < -0.39 is 5.60 Å².